The maximum Gasteiger partial charge on any atom is 0.408 e. The molecule has 5 amide bonds. The quantitative estimate of drug-likeness (QED) is 0.106. The molecule has 1 rings (SSSR count). The summed E-state index contributed by atoms with van der Waals surface area (Å²) in [5.74, 6) is -4.96. The molecular weight excluding hydrogens is 718 g/mol. The summed E-state index contributed by atoms with van der Waals surface area (Å²) in [6.07, 6.45) is -2.88. The van der Waals surface area contributed by atoms with Crippen molar-refractivity contribution in [3.05, 3.63) is 29.8 Å². The Hall–Kier alpha value is -4.93. The van der Waals surface area contributed by atoms with Gasteiger partial charge >= 0.3 is 18.0 Å². The summed E-state index contributed by atoms with van der Waals surface area (Å²) in [4.78, 5) is 90.3. The highest BCUT2D eigenvalue weighted by atomic mass is 16.6. The predicted molar refractivity (Wildman–Crippen MR) is 202 cm³/mol. The van der Waals surface area contributed by atoms with Crippen LogP contribution in [0.4, 0.5) is 4.79 Å². The zero-order chi connectivity index (χ0) is 42.5. The molecule has 0 aliphatic rings. The number of ether oxygens (including phenoxy) is 3. The van der Waals surface area contributed by atoms with Crippen LogP contribution in [0.5, 0.6) is 5.75 Å². The van der Waals surface area contributed by atoms with Crippen LogP contribution in [0, 0.1) is 0 Å². The lowest BCUT2D eigenvalue weighted by Crippen LogP contribution is -2.63. The highest BCUT2D eigenvalue weighted by molar-refractivity contribution is 5.97. The number of aliphatic hydroxyl groups is 1. The van der Waals surface area contributed by atoms with E-state index < -0.39 is 94.8 Å². The molecule has 0 saturated heterocycles. The summed E-state index contributed by atoms with van der Waals surface area (Å²) in [6, 6.07) is 2.66. The van der Waals surface area contributed by atoms with Crippen molar-refractivity contribution in [1.29, 1.82) is 0 Å². The largest absolute Gasteiger partial charge is 0.488 e. The van der Waals surface area contributed by atoms with Crippen molar-refractivity contribution in [1.82, 2.24) is 26.6 Å². The van der Waals surface area contributed by atoms with Crippen molar-refractivity contribution in [2.24, 2.45) is 0 Å². The van der Waals surface area contributed by atoms with Crippen molar-refractivity contribution in [3.63, 3.8) is 0 Å². The second kappa shape index (κ2) is 20.1. The molecule has 310 valence electrons. The van der Waals surface area contributed by atoms with E-state index in [0.29, 0.717) is 11.3 Å². The first-order valence-corrected chi connectivity index (χ1v) is 18.1. The van der Waals surface area contributed by atoms with Crippen molar-refractivity contribution >= 4 is 41.7 Å². The van der Waals surface area contributed by atoms with Gasteiger partial charge in [0.05, 0.1) is 12.6 Å². The Morgan fingerprint density at radius 3 is 1.78 bits per heavy atom. The van der Waals surface area contributed by atoms with Gasteiger partial charge < -0.3 is 51.0 Å². The number of carbonyl (C=O) groups excluding carboxylic acids is 6. The SMILES string of the molecule is CC[C@](C)(NC(=O)[C@H](Cc1ccc(OC(C)(C)C)cc1)NC(=O)OC(C)(C)C)C(=O)N[C@@H](CCC(=O)OC(C)(C)C)C(=O)NCC(=O)N[C@H](C(=O)O)[C@@H](C)O. The van der Waals surface area contributed by atoms with Crippen LogP contribution in [-0.4, -0.2) is 105 Å². The fourth-order valence-corrected chi connectivity index (χ4v) is 4.75. The molecule has 17 nitrogen and oxygen atoms in total. The Bertz CT molecular complexity index is 1510. The molecular formula is C38H61N5O12. The third kappa shape index (κ3) is 18.8. The number of hydrogen-bond acceptors (Lipinski definition) is 11. The Morgan fingerprint density at radius 2 is 1.31 bits per heavy atom. The molecule has 0 aromatic heterocycles. The van der Waals surface area contributed by atoms with Crippen LogP contribution in [0.25, 0.3) is 0 Å². The fourth-order valence-electron chi connectivity index (χ4n) is 4.75. The van der Waals surface area contributed by atoms with E-state index in [1.165, 1.54) is 13.8 Å². The average Bonchev–Trinajstić information content (AvgIpc) is 3.01. The van der Waals surface area contributed by atoms with E-state index >= 15 is 0 Å². The number of benzene rings is 1. The van der Waals surface area contributed by atoms with Crippen molar-refractivity contribution in [3.8, 4) is 5.75 Å². The third-order valence-corrected chi connectivity index (χ3v) is 7.57. The number of alkyl carbamates (subject to hydrolysis) is 1. The fraction of sp³-hybridized carbons (Fsp3) is 0.658. The molecule has 0 fully saturated rings. The van der Waals surface area contributed by atoms with Gasteiger partial charge in [0, 0.05) is 12.8 Å². The number of esters is 1. The Balaban J connectivity index is 3.32. The Morgan fingerprint density at radius 1 is 0.745 bits per heavy atom. The van der Waals surface area contributed by atoms with Gasteiger partial charge in [-0.3, -0.25) is 24.0 Å². The molecule has 0 saturated carbocycles. The van der Waals surface area contributed by atoms with Crippen molar-refractivity contribution in [2.75, 3.05) is 6.54 Å². The maximum atomic E-state index is 13.9. The highest BCUT2D eigenvalue weighted by Gasteiger charge is 2.38. The smallest absolute Gasteiger partial charge is 0.408 e. The topological polar surface area (TPSA) is 248 Å². The van der Waals surface area contributed by atoms with Gasteiger partial charge in [0.1, 0.15) is 40.2 Å². The van der Waals surface area contributed by atoms with Crippen molar-refractivity contribution in [2.45, 2.75) is 155 Å². The van der Waals surface area contributed by atoms with E-state index in [4.69, 9.17) is 14.2 Å². The van der Waals surface area contributed by atoms with Crippen LogP contribution in [0.2, 0.25) is 0 Å². The lowest BCUT2D eigenvalue weighted by molar-refractivity contribution is -0.155. The lowest BCUT2D eigenvalue weighted by atomic mass is 9.95. The molecule has 0 bridgehead atoms. The third-order valence-electron chi connectivity index (χ3n) is 7.57. The molecule has 1 aromatic carbocycles. The summed E-state index contributed by atoms with van der Waals surface area (Å²) in [5, 5.41) is 31.1. The molecule has 0 aliphatic heterocycles. The van der Waals surface area contributed by atoms with Crippen LogP contribution in [0.15, 0.2) is 24.3 Å². The Kier molecular flexibility index (Phi) is 17.6. The second-order valence-corrected chi connectivity index (χ2v) is 16.4. The first kappa shape index (κ1) is 48.1. The van der Waals surface area contributed by atoms with Crippen LogP contribution >= 0.6 is 0 Å². The van der Waals surface area contributed by atoms with Crippen LogP contribution in [0.1, 0.15) is 108 Å². The zero-order valence-corrected chi connectivity index (χ0v) is 34.1. The van der Waals surface area contributed by atoms with Gasteiger partial charge in [-0.2, -0.15) is 0 Å². The van der Waals surface area contributed by atoms with Crippen LogP contribution < -0.4 is 31.3 Å². The molecule has 0 unspecified atom stereocenters. The first-order chi connectivity index (χ1) is 25.0. The number of carbonyl (C=O) groups is 7. The van der Waals surface area contributed by atoms with Gasteiger partial charge in [0.2, 0.25) is 23.6 Å². The normalized spacial score (nSPS) is 15.1. The number of carboxylic acid groups (broad SMARTS) is 1. The minimum absolute atomic E-state index is 0.00304. The average molecular weight is 780 g/mol. The molecule has 1 aromatic rings. The van der Waals surface area contributed by atoms with Crippen LogP contribution in [0.3, 0.4) is 0 Å². The van der Waals surface area contributed by atoms with Crippen molar-refractivity contribution < 1.29 is 58.0 Å². The molecule has 5 atom stereocenters. The van der Waals surface area contributed by atoms with Gasteiger partial charge in [-0.25, -0.2) is 9.59 Å². The number of hydrogen-bond donors (Lipinski definition) is 7. The van der Waals surface area contributed by atoms with Gasteiger partial charge in [-0.1, -0.05) is 19.1 Å². The molecule has 0 heterocycles. The zero-order valence-electron chi connectivity index (χ0n) is 34.1. The lowest BCUT2D eigenvalue weighted by Gasteiger charge is -2.32. The summed E-state index contributed by atoms with van der Waals surface area (Å²) in [5.41, 5.74) is -3.16. The van der Waals surface area contributed by atoms with Crippen LogP contribution in [-0.2, 0) is 44.7 Å². The number of aliphatic carboxylic acids is 1. The summed E-state index contributed by atoms with van der Waals surface area (Å²) in [6.45, 7) is 19.2. The van der Waals surface area contributed by atoms with Gasteiger partial charge in [-0.05, 0) is 107 Å². The molecule has 0 radical (unpaired) electrons. The molecule has 0 spiro atoms. The standard InChI is InChI=1S/C38H61N5O12/c1-13-38(12,43-31(48)26(41-34(52)55-37(9,10)11)20-23-14-16-24(17-15-23)53-35(3,4)5)33(51)40-25(18-19-28(46)54-36(6,7)8)30(47)39-21-27(45)42-29(22(2)44)32(49)50/h14-17,22,25-26,29,44H,13,18-21H2,1-12H3,(H,39,47)(H,40,51)(H,41,52)(H,42,45)(H,43,48)(H,49,50)/t22-,25+,26+,29+,38+/m1/s1. The highest BCUT2D eigenvalue weighted by Crippen LogP contribution is 2.20. The Labute approximate surface area is 323 Å². The minimum atomic E-state index is -1.66. The summed E-state index contributed by atoms with van der Waals surface area (Å²) in [7, 11) is 0. The predicted octanol–water partition coefficient (Wildman–Crippen LogP) is 2.26. The number of aliphatic hydroxyl groups excluding tert-OH is 1. The molecule has 17 heteroatoms. The number of nitrogens with one attached hydrogen (secondary N) is 5. The van der Waals surface area contributed by atoms with E-state index in [1.807, 2.05) is 20.8 Å². The van der Waals surface area contributed by atoms with E-state index in [-0.39, 0.29) is 25.7 Å². The van der Waals surface area contributed by atoms with E-state index in [2.05, 4.69) is 26.6 Å². The molecule has 7 N–H and O–H groups in total. The van der Waals surface area contributed by atoms with Gasteiger partial charge in [0.15, 0.2) is 6.04 Å². The monoisotopic (exact) mass is 779 g/mol. The minimum Gasteiger partial charge on any atom is -0.488 e. The first-order valence-electron chi connectivity index (χ1n) is 18.1. The number of carboxylic acids is 1. The molecule has 55 heavy (non-hydrogen) atoms. The van der Waals surface area contributed by atoms with E-state index in [9.17, 15) is 43.8 Å². The van der Waals surface area contributed by atoms with E-state index in [1.54, 1.807) is 72.7 Å². The number of rotatable bonds is 18. The summed E-state index contributed by atoms with van der Waals surface area (Å²) >= 11 is 0. The molecule has 0 aliphatic carbocycles. The maximum absolute atomic E-state index is 13.9. The number of amides is 5. The van der Waals surface area contributed by atoms with Gasteiger partial charge in [-0.15, -0.1) is 0 Å². The van der Waals surface area contributed by atoms with E-state index in [0.717, 1.165) is 0 Å². The second-order valence-electron chi connectivity index (χ2n) is 16.4. The van der Waals surface area contributed by atoms with Gasteiger partial charge in [0.25, 0.3) is 0 Å². The summed E-state index contributed by atoms with van der Waals surface area (Å²) < 4.78 is 16.6.